The number of halogens is 4. The van der Waals surface area contributed by atoms with Gasteiger partial charge in [-0.2, -0.15) is 13.2 Å². The van der Waals surface area contributed by atoms with E-state index in [9.17, 15) is 18.0 Å². The van der Waals surface area contributed by atoms with Crippen LogP contribution < -0.4 is 10.2 Å². The van der Waals surface area contributed by atoms with Crippen molar-refractivity contribution in [2.75, 3.05) is 56.0 Å². The Kier molecular flexibility index (Phi) is 8.33. The van der Waals surface area contributed by atoms with E-state index in [0.717, 1.165) is 57.2 Å². The standard InChI is InChI=1S/C24H30ClF3N6O/c25-18-3-4-22(30-17-18)33-14-12-32(13-15-33)9-1-2-23(35)34-10-6-19(7-11-34)31-20-5-8-29-21(16-20)24(26,27)28/h3-5,8,16-17,19H,1-2,6-7,9-15H2,(H,29,31). The number of nitrogens with zero attached hydrogens (tertiary/aromatic N) is 5. The van der Waals surface area contributed by atoms with Gasteiger partial charge in [0.15, 0.2) is 0 Å². The Bertz CT molecular complexity index is 974. The van der Waals surface area contributed by atoms with E-state index in [2.05, 4.69) is 25.1 Å². The summed E-state index contributed by atoms with van der Waals surface area (Å²) in [5.41, 5.74) is -0.498. The van der Waals surface area contributed by atoms with Crippen molar-refractivity contribution in [3.05, 3.63) is 47.4 Å². The van der Waals surface area contributed by atoms with E-state index in [0.29, 0.717) is 43.1 Å². The summed E-state index contributed by atoms with van der Waals surface area (Å²) >= 11 is 5.91. The van der Waals surface area contributed by atoms with Crippen molar-refractivity contribution in [1.82, 2.24) is 19.8 Å². The number of rotatable bonds is 7. The molecule has 4 rings (SSSR count). The fourth-order valence-corrected chi connectivity index (χ4v) is 4.66. The van der Waals surface area contributed by atoms with Gasteiger partial charge in [-0.25, -0.2) is 4.98 Å². The first-order valence-corrected chi connectivity index (χ1v) is 12.3. The molecule has 0 unspecified atom stereocenters. The van der Waals surface area contributed by atoms with Crippen molar-refractivity contribution in [3.63, 3.8) is 0 Å². The monoisotopic (exact) mass is 510 g/mol. The van der Waals surface area contributed by atoms with Gasteiger partial charge in [0.1, 0.15) is 11.5 Å². The minimum Gasteiger partial charge on any atom is -0.382 e. The molecule has 2 saturated heterocycles. The van der Waals surface area contributed by atoms with Crippen molar-refractivity contribution < 1.29 is 18.0 Å². The molecule has 0 saturated carbocycles. The van der Waals surface area contributed by atoms with Crippen LogP contribution in [0, 0.1) is 0 Å². The predicted molar refractivity (Wildman–Crippen MR) is 130 cm³/mol. The van der Waals surface area contributed by atoms with Gasteiger partial charge >= 0.3 is 6.18 Å². The van der Waals surface area contributed by atoms with Crippen molar-refractivity contribution in [2.24, 2.45) is 0 Å². The van der Waals surface area contributed by atoms with Crippen molar-refractivity contribution >= 4 is 29.0 Å². The second kappa shape index (κ2) is 11.4. The van der Waals surface area contributed by atoms with E-state index < -0.39 is 11.9 Å². The highest BCUT2D eigenvalue weighted by atomic mass is 35.5. The van der Waals surface area contributed by atoms with Crippen molar-refractivity contribution in [2.45, 2.75) is 37.9 Å². The largest absolute Gasteiger partial charge is 0.433 e. The minimum absolute atomic E-state index is 0.0361. The zero-order valence-electron chi connectivity index (χ0n) is 19.5. The lowest BCUT2D eigenvalue weighted by Gasteiger charge is -2.36. The fourth-order valence-electron chi connectivity index (χ4n) is 4.55. The lowest BCUT2D eigenvalue weighted by Crippen LogP contribution is -2.47. The molecule has 2 fully saturated rings. The topological polar surface area (TPSA) is 64.6 Å². The number of piperazine rings is 1. The third kappa shape index (κ3) is 7.20. The number of hydrogen-bond donors (Lipinski definition) is 1. The molecule has 0 spiro atoms. The summed E-state index contributed by atoms with van der Waals surface area (Å²) in [6.45, 7) is 5.76. The molecule has 0 radical (unpaired) electrons. The average molecular weight is 511 g/mol. The van der Waals surface area contributed by atoms with Gasteiger partial charge < -0.3 is 15.1 Å². The molecule has 1 amide bonds. The molecule has 1 N–H and O–H groups in total. The highest BCUT2D eigenvalue weighted by molar-refractivity contribution is 6.30. The molecular weight excluding hydrogens is 481 g/mol. The van der Waals surface area contributed by atoms with Gasteiger partial charge in [-0.1, -0.05) is 11.6 Å². The first-order valence-electron chi connectivity index (χ1n) is 11.9. The predicted octanol–water partition coefficient (Wildman–Crippen LogP) is 4.15. The van der Waals surface area contributed by atoms with E-state index in [-0.39, 0.29) is 11.9 Å². The number of nitrogens with one attached hydrogen (secondary N) is 1. The molecule has 0 atom stereocenters. The third-order valence-corrected chi connectivity index (χ3v) is 6.77. The summed E-state index contributed by atoms with van der Waals surface area (Å²) in [6.07, 6.45) is 1.10. The Morgan fingerprint density at radius 2 is 1.80 bits per heavy atom. The Labute approximate surface area is 208 Å². The summed E-state index contributed by atoms with van der Waals surface area (Å²) in [6, 6.07) is 6.39. The van der Waals surface area contributed by atoms with Crippen LogP contribution in [0.25, 0.3) is 0 Å². The number of likely N-dealkylation sites (tertiary alicyclic amines) is 1. The normalized spacial score (nSPS) is 18.1. The van der Waals surface area contributed by atoms with Gasteiger partial charge in [-0.15, -0.1) is 0 Å². The molecule has 11 heteroatoms. The van der Waals surface area contributed by atoms with Crippen LogP contribution in [0.2, 0.25) is 5.02 Å². The molecular formula is C24H30ClF3N6O. The van der Waals surface area contributed by atoms with Crippen LogP contribution in [-0.2, 0) is 11.0 Å². The second-order valence-corrected chi connectivity index (χ2v) is 9.43. The maximum Gasteiger partial charge on any atom is 0.433 e. The lowest BCUT2D eigenvalue weighted by atomic mass is 10.0. The van der Waals surface area contributed by atoms with Gasteiger partial charge in [-0.05, 0) is 50.1 Å². The molecule has 35 heavy (non-hydrogen) atoms. The van der Waals surface area contributed by atoms with Crippen LogP contribution in [0.15, 0.2) is 36.7 Å². The van der Waals surface area contributed by atoms with E-state index in [4.69, 9.17) is 11.6 Å². The van der Waals surface area contributed by atoms with Crippen LogP contribution in [0.1, 0.15) is 31.4 Å². The minimum atomic E-state index is -4.46. The van der Waals surface area contributed by atoms with E-state index in [1.54, 1.807) is 12.3 Å². The highest BCUT2D eigenvalue weighted by Crippen LogP contribution is 2.29. The van der Waals surface area contributed by atoms with Gasteiger partial charge in [0.05, 0.1) is 5.02 Å². The Hall–Kier alpha value is -2.59. The third-order valence-electron chi connectivity index (χ3n) is 6.54. The number of piperidine rings is 1. The van der Waals surface area contributed by atoms with Crippen LogP contribution in [-0.4, -0.2) is 77.5 Å². The van der Waals surface area contributed by atoms with E-state index >= 15 is 0 Å². The second-order valence-electron chi connectivity index (χ2n) is 8.99. The van der Waals surface area contributed by atoms with Crippen LogP contribution >= 0.6 is 11.6 Å². The van der Waals surface area contributed by atoms with Gasteiger partial charge in [-0.3, -0.25) is 14.7 Å². The molecule has 4 heterocycles. The van der Waals surface area contributed by atoms with E-state index in [1.165, 1.54) is 0 Å². The fraction of sp³-hybridized carbons (Fsp3) is 0.542. The molecule has 7 nitrogen and oxygen atoms in total. The average Bonchev–Trinajstić information content (AvgIpc) is 2.85. The van der Waals surface area contributed by atoms with Crippen LogP contribution in [0.5, 0.6) is 0 Å². The highest BCUT2D eigenvalue weighted by Gasteiger charge is 2.32. The summed E-state index contributed by atoms with van der Waals surface area (Å²) in [4.78, 5) is 26.9. The maximum absolute atomic E-state index is 12.9. The summed E-state index contributed by atoms with van der Waals surface area (Å²) in [7, 11) is 0. The van der Waals surface area contributed by atoms with Gasteiger partial charge in [0.25, 0.3) is 0 Å². The zero-order chi connectivity index (χ0) is 24.8. The number of hydrogen-bond acceptors (Lipinski definition) is 6. The number of amides is 1. The van der Waals surface area contributed by atoms with Crippen molar-refractivity contribution in [3.8, 4) is 0 Å². The number of pyridine rings is 2. The number of alkyl halides is 3. The quantitative estimate of drug-likeness (QED) is 0.603. The summed E-state index contributed by atoms with van der Waals surface area (Å²) in [5, 5.41) is 3.79. The number of anilines is 2. The SMILES string of the molecule is O=C(CCCN1CCN(c2ccc(Cl)cn2)CC1)N1CCC(Nc2ccnc(C(F)(F)F)c2)CC1. The molecule has 2 aliphatic rings. The molecule has 0 aliphatic carbocycles. The lowest BCUT2D eigenvalue weighted by molar-refractivity contribution is -0.141. The molecule has 2 aromatic heterocycles. The summed E-state index contributed by atoms with van der Waals surface area (Å²) in [5.74, 6) is 1.09. The molecule has 0 aromatic carbocycles. The number of carbonyl (C=O) groups is 1. The Morgan fingerprint density at radius 3 is 2.46 bits per heavy atom. The molecule has 0 bridgehead atoms. The van der Waals surface area contributed by atoms with Crippen LogP contribution in [0.4, 0.5) is 24.7 Å². The molecule has 190 valence electrons. The first-order chi connectivity index (χ1) is 16.8. The Morgan fingerprint density at radius 1 is 1.06 bits per heavy atom. The molecule has 2 aliphatic heterocycles. The number of aromatic nitrogens is 2. The van der Waals surface area contributed by atoms with Crippen LogP contribution in [0.3, 0.4) is 0 Å². The van der Waals surface area contributed by atoms with Gasteiger partial charge in [0.2, 0.25) is 5.91 Å². The number of carbonyl (C=O) groups excluding carboxylic acids is 1. The van der Waals surface area contributed by atoms with E-state index in [1.807, 2.05) is 17.0 Å². The Balaban J connectivity index is 1.13. The first kappa shape index (κ1) is 25.5. The van der Waals surface area contributed by atoms with Gasteiger partial charge in [0, 0.05) is 69.8 Å². The molecule has 2 aromatic rings. The zero-order valence-corrected chi connectivity index (χ0v) is 20.2. The summed E-state index contributed by atoms with van der Waals surface area (Å²) < 4.78 is 38.6. The van der Waals surface area contributed by atoms with Crippen molar-refractivity contribution in [1.29, 1.82) is 0 Å². The smallest absolute Gasteiger partial charge is 0.382 e. The maximum atomic E-state index is 12.9.